The first-order valence-electron chi connectivity index (χ1n) is 7.07. The van der Waals surface area contributed by atoms with Gasteiger partial charge in [0.15, 0.2) is 5.75 Å². The molecule has 2 aromatic carbocycles. The Morgan fingerprint density at radius 1 is 1.29 bits per heavy atom. The van der Waals surface area contributed by atoms with E-state index in [1.807, 2.05) is 38.1 Å². The maximum Gasteiger partial charge on any atom is 0.318 e. The van der Waals surface area contributed by atoms with E-state index in [1.165, 1.54) is 0 Å². The molecule has 110 valence electrons. The Morgan fingerprint density at radius 2 is 2.05 bits per heavy atom. The average Bonchev–Trinajstić information content (AvgIpc) is 2.47. The molecule has 1 unspecified atom stereocenters. The lowest BCUT2D eigenvalue weighted by molar-refractivity contribution is -0.384. The zero-order valence-corrected chi connectivity index (χ0v) is 12.3. The zero-order valence-electron chi connectivity index (χ0n) is 12.3. The normalized spacial score (nSPS) is 12.7. The maximum atomic E-state index is 11.4. The summed E-state index contributed by atoms with van der Waals surface area (Å²) in [7, 11) is 0. The minimum atomic E-state index is -0.365. The van der Waals surface area contributed by atoms with Crippen LogP contribution in [-0.4, -0.2) is 11.0 Å². The molecule has 4 heteroatoms. The summed E-state index contributed by atoms with van der Waals surface area (Å²) < 4.78 is 5.79. The van der Waals surface area contributed by atoms with Crippen molar-refractivity contribution in [1.29, 1.82) is 0 Å². The molecule has 2 aromatic rings. The van der Waals surface area contributed by atoms with Crippen molar-refractivity contribution in [1.82, 2.24) is 0 Å². The van der Waals surface area contributed by atoms with E-state index >= 15 is 0 Å². The van der Waals surface area contributed by atoms with E-state index in [9.17, 15) is 10.1 Å². The van der Waals surface area contributed by atoms with Crippen LogP contribution in [-0.2, 0) is 0 Å². The van der Waals surface area contributed by atoms with Gasteiger partial charge in [-0.1, -0.05) is 36.4 Å². The van der Waals surface area contributed by atoms with Gasteiger partial charge in [0.25, 0.3) is 0 Å². The molecule has 0 spiro atoms. The van der Waals surface area contributed by atoms with Crippen LogP contribution in [0, 0.1) is 10.1 Å². The lowest BCUT2D eigenvalue weighted by Crippen LogP contribution is -2.12. The van der Waals surface area contributed by atoms with Crippen molar-refractivity contribution >= 4 is 16.5 Å². The maximum absolute atomic E-state index is 11.4. The van der Waals surface area contributed by atoms with Gasteiger partial charge in [0, 0.05) is 0 Å². The van der Waals surface area contributed by atoms with Gasteiger partial charge in [-0.05, 0) is 44.2 Å². The van der Waals surface area contributed by atoms with Crippen molar-refractivity contribution in [2.45, 2.75) is 32.8 Å². The van der Waals surface area contributed by atoms with E-state index in [0.717, 1.165) is 18.2 Å². The van der Waals surface area contributed by atoms with Crippen molar-refractivity contribution in [3.05, 3.63) is 58.7 Å². The van der Waals surface area contributed by atoms with Gasteiger partial charge in [0.05, 0.1) is 16.4 Å². The number of allylic oxidation sites excluding steroid dienone is 2. The van der Waals surface area contributed by atoms with Crippen LogP contribution in [0.1, 0.15) is 26.7 Å². The second-order valence-corrected chi connectivity index (χ2v) is 4.97. The zero-order chi connectivity index (χ0) is 15.2. The molecule has 0 saturated heterocycles. The Hall–Kier alpha value is -2.36. The third-order valence-corrected chi connectivity index (χ3v) is 3.35. The Bertz CT molecular complexity index is 664. The van der Waals surface area contributed by atoms with Crippen molar-refractivity contribution in [3.63, 3.8) is 0 Å². The van der Waals surface area contributed by atoms with Crippen LogP contribution in [0.15, 0.2) is 48.6 Å². The molecule has 0 aliphatic rings. The molecular formula is C17H19NO3. The number of hydrogen-bond donors (Lipinski definition) is 0. The summed E-state index contributed by atoms with van der Waals surface area (Å²) in [5.41, 5.74) is 0.0472. The van der Waals surface area contributed by atoms with Crippen molar-refractivity contribution in [2.24, 2.45) is 0 Å². The Kier molecular flexibility index (Phi) is 4.93. The monoisotopic (exact) mass is 285 g/mol. The van der Waals surface area contributed by atoms with Crippen molar-refractivity contribution in [2.75, 3.05) is 0 Å². The Balaban J connectivity index is 2.31. The Morgan fingerprint density at radius 3 is 2.76 bits per heavy atom. The first-order valence-corrected chi connectivity index (χ1v) is 7.07. The standard InChI is InChI=1S/C17H19NO3/c1-3-4-5-8-13(2)21-16-12-11-14-9-6-7-10-15(14)17(16)18(19)20/h3-4,6-7,9-13H,5,8H2,1-2H3. The highest BCUT2D eigenvalue weighted by atomic mass is 16.6. The molecule has 0 aliphatic carbocycles. The van der Waals surface area contributed by atoms with Gasteiger partial charge in [-0.25, -0.2) is 0 Å². The van der Waals surface area contributed by atoms with Crippen molar-refractivity contribution in [3.8, 4) is 5.75 Å². The van der Waals surface area contributed by atoms with Gasteiger partial charge in [0.1, 0.15) is 0 Å². The fraction of sp³-hybridized carbons (Fsp3) is 0.294. The number of rotatable bonds is 6. The summed E-state index contributed by atoms with van der Waals surface area (Å²) in [6.45, 7) is 3.90. The van der Waals surface area contributed by atoms with Crippen LogP contribution in [0.2, 0.25) is 0 Å². The van der Waals surface area contributed by atoms with Gasteiger partial charge in [-0.2, -0.15) is 0 Å². The van der Waals surface area contributed by atoms with E-state index in [1.54, 1.807) is 18.2 Å². The van der Waals surface area contributed by atoms with E-state index in [2.05, 4.69) is 6.08 Å². The molecule has 0 heterocycles. The molecule has 2 rings (SSSR count). The summed E-state index contributed by atoms with van der Waals surface area (Å²) in [6, 6.07) is 10.8. The van der Waals surface area contributed by atoms with Gasteiger partial charge in [0.2, 0.25) is 0 Å². The molecule has 4 nitrogen and oxygen atoms in total. The predicted molar refractivity (Wildman–Crippen MR) is 84.7 cm³/mol. The number of nitro benzene ring substituents is 1. The molecule has 21 heavy (non-hydrogen) atoms. The van der Waals surface area contributed by atoms with Crippen LogP contribution in [0.25, 0.3) is 10.8 Å². The molecule has 0 bridgehead atoms. The average molecular weight is 285 g/mol. The van der Waals surface area contributed by atoms with Crippen LogP contribution >= 0.6 is 0 Å². The lowest BCUT2D eigenvalue weighted by atomic mass is 10.1. The Labute approximate surface area is 124 Å². The number of benzene rings is 2. The highest BCUT2D eigenvalue weighted by Crippen LogP contribution is 2.35. The SMILES string of the molecule is CC=CCCC(C)Oc1ccc2ccccc2c1[N+](=O)[O-]. The van der Waals surface area contributed by atoms with Gasteiger partial charge < -0.3 is 4.74 Å². The van der Waals surface area contributed by atoms with Gasteiger partial charge >= 0.3 is 5.69 Å². The van der Waals surface area contributed by atoms with Crippen LogP contribution in [0.5, 0.6) is 5.75 Å². The number of nitrogens with zero attached hydrogens (tertiary/aromatic N) is 1. The highest BCUT2D eigenvalue weighted by molar-refractivity contribution is 5.93. The molecule has 0 radical (unpaired) electrons. The highest BCUT2D eigenvalue weighted by Gasteiger charge is 2.20. The molecule has 0 N–H and O–H groups in total. The topological polar surface area (TPSA) is 52.4 Å². The largest absolute Gasteiger partial charge is 0.484 e. The molecule has 0 aromatic heterocycles. The van der Waals surface area contributed by atoms with Crippen LogP contribution in [0.4, 0.5) is 5.69 Å². The van der Waals surface area contributed by atoms with Crippen molar-refractivity contribution < 1.29 is 9.66 Å². The molecule has 0 fully saturated rings. The summed E-state index contributed by atoms with van der Waals surface area (Å²) in [4.78, 5) is 11.0. The molecule has 0 amide bonds. The van der Waals surface area contributed by atoms with E-state index in [4.69, 9.17) is 4.74 Å². The molecule has 0 aliphatic heterocycles. The third kappa shape index (κ3) is 3.60. The minimum absolute atomic E-state index is 0.0472. The van der Waals surface area contributed by atoms with Crippen LogP contribution in [0.3, 0.4) is 0 Å². The molecule has 1 atom stereocenters. The molecule has 0 saturated carbocycles. The van der Waals surface area contributed by atoms with Gasteiger partial charge in [-0.3, -0.25) is 10.1 Å². The second kappa shape index (κ2) is 6.88. The predicted octanol–water partition coefficient (Wildman–Crippen LogP) is 4.87. The van der Waals surface area contributed by atoms with E-state index in [-0.39, 0.29) is 16.7 Å². The summed E-state index contributed by atoms with van der Waals surface area (Å²) in [5, 5.41) is 12.8. The number of ether oxygens (including phenoxy) is 1. The summed E-state index contributed by atoms with van der Waals surface area (Å²) in [5.74, 6) is 0.340. The van der Waals surface area contributed by atoms with E-state index < -0.39 is 0 Å². The van der Waals surface area contributed by atoms with Crippen LogP contribution < -0.4 is 4.74 Å². The quantitative estimate of drug-likeness (QED) is 0.432. The summed E-state index contributed by atoms with van der Waals surface area (Å²) >= 11 is 0. The van der Waals surface area contributed by atoms with Gasteiger partial charge in [-0.15, -0.1) is 0 Å². The molecular weight excluding hydrogens is 266 g/mol. The first kappa shape index (κ1) is 15.0. The number of hydrogen-bond acceptors (Lipinski definition) is 3. The first-order chi connectivity index (χ1) is 10.1. The smallest absolute Gasteiger partial charge is 0.318 e. The fourth-order valence-corrected chi connectivity index (χ4v) is 2.29. The fourth-order valence-electron chi connectivity index (χ4n) is 2.29. The summed E-state index contributed by atoms with van der Waals surface area (Å²) in [6.07, 6.45) is 5.72. The number of nitro groups is 1. The van der Waals surface area contributed by atoms with E-state index in [0.29, 0.717) is 11.1 Å². The number of fused-ring (bicyclic) bond motifs is 1. The third-order valence-electron chi connectivity index (χ3n) is 3.35. The lowest BCUT2D eigenvalue weighted by Gasteiger charge is -2.14. The second-order valence-electron chi connectivity index (χ2n) is 4.97. The minimum Gasteiger partial charge on any atom is -0.484 e.